The number of nitrogens with one attached hydrogen (secondary N) is 1. The molecule has 0 bridgehead atoms. The summed E-state index contributed by atoms with van der Waals surface area (Å²) in [6.07, 6.45) is 0.502. The Morgan fingerprint density at radius 1 is 1.41 bits per heavy atom. The van der Waals surface area contributed by atoms with Crippen molar-refractivity contribution in [2.75, 3.05) is 0 Å². The van der Waals surface area contributed by atoms with Gasteiger partial charge in [0.15, 0.2) is 0 Å². The normalized spacial score (nSPS) is 14.6. The fourth-order valence-electron chi connectivity index (χ4n) is 1.95. The minimum Gasteiger partial charge on any atom is -0.480 e. The van der Waals surface area contributed by atoms with Gasteiger partial charge in [-0.2, -0.15) is 0 Å². The Balaban J connectivity index is 3.21. The summed E-state index contributed by atoms with van der Waals surface area (Å²) in [6.45, 7) is 5.78. The van der Waals surface area contributed by atoms with E-state index in [0.717, 1.165) is 10.0 Å². The van der Waals surface area contributed by atoms with E-state index in [0.29, 0.717) is 6.42 Å². The molecule has 17 heavy (non-hydrogen) atoms. The van der Waals surface area contributed by atoms with Gasteiger partial charge in [-0.25, -0.2) is 4.79 Å². The van der Waals surface area contributed by atoms with Gasteiger partial charge in [0.05, 0.1) is 0 Å². The smallest absolute Gasteiger partial charge is 0.328 e. The first-order valence-electron chi connectivity index (χ1n) is 5.69. The predicted molar refractivity (Wildman–Crippen MR) is 72.0 cm³/mol. The van der Waals surface area contributed by atoms with Gasteiger partial charge >= 0.3 is 5.97 Å². The summed E-state index contributed by atoms with van der Waals surface area (Å²) < 4.78 is 0.946. The summed E-state index contributed by atoms with van der Waals surface area (Å²) in [5, 5.41) is 12.7. The standard InChI is InChI=1S/C13H18BrNO2/c1-4-13(12(16)17,15-9(2)3)10-5-7-11(14)8-6-10/h5-9,15H,4H2,1-3H3,(H,16,17). The molecular formula is C13H18BrNO2. The van der Waals surface area contributed by atoms with Crippen LogP contribution in [0.4, 0.5) is 0 Å². The third-order valence-corrected chi connectivity index (χ3v) is 3.30. The van der Waals surface area contributed by atoms with Gasteiger partial charge in [-0.05, 0) is 38.0 Å². The van der Waals surface area contributed by atoms with Gasteiger partial charge in [-0.15, -0.1) is 0 Å². The Kier molecular flexibility index (Phi) is 4.71. The molecule has 0 saturated carbocycles. The van der Waals surface area contributed by atoms with Crippen molar-refractivity contribution in [3.63, 3.8) is 0 Å². The highest BCUT2D eigenvalue weighted by atomic mass is 79.9. The fraction of sp³-hybridized carbons (Fsp3) is 0.462. The number of carboxylic acids is 1. The molecular weight excluding hydrogens is 282 g/mol. The number of carbonyl (C=O) groups is 1. The van der Waals surface area contributed by atoms with Crippen LogP contribution >= 0.6 is 15.9 Å². The van der Waals surface area contributed by atoms with E-state index >= 15 is 0 Å². The molecule has 0 heterocycles. The van der Waals surface area contributed by atoms with Crippen LogP contribution in [0.2, 0.25) is 0 Å². The molecule has 1 unspecified atom stereocenters. The molecule has 0 saturated heterocycles. The van der Waals surface area contributed by atoms with Crippen LogP contribution in [0.15, 0.2) is 28.7 Å². The van der Waals surface area contributed by atoms with E-state index < -0.39 is 11.5 Å². The van der Waals surface area contributed by atoms with Crippen molar-refractivity contribution in [3.05, 3.63) is 34.3 Å². The first kappa shape index (κ1) is 14.2. The van der Waals surface area contributed by atoms with Crippen molar-refractivity contribution in [2.24, 2.45) is 0 Å². The monoisotopic (exact) mass is 299 g/mol. The number of rotatable bonds is 5. The maximum absolute atomic E-state index is 11.6. The highest BCUT2D eigenvalue weighted by Crippen LogP contribution is 2.27. The van der Waals surface area contributed by atoms with Crippen molar-refractivity contribution >= 4 is 21.9 Å². The Morgan fingerprint density at radius 3 is 2.29 bits per heavy atom. The Hall–Kier alpha value is -0.870. The first-order chi connectivity index (χ1) is 7.92. The second-order valence-electron chi connectivity index (χ2n) is 4.37. The third kappa shape index (κ3) is 3.07. The highest BCUT2D eigenvalue weighted by Gasteiger charge is 2.38. The largest absolute Gasteiger partial charge is 0.480 e. The van der Waals surface area contributed by atoms with E-state index in [2.05, 4.69) is 21.2 Å². The number of benzene rings is 1. The summed E-state index contributed by atoms with van der Waals surface area (Å²) in [4.78, 5) is 11.6. The number of hydrogen-bond donors (Lipinski definition) is 2. The molecule has 0 aliphatic heterocycles. The molecule has 1 aromatic rings. The van der Waals surface area contributed by atoms with Gasteiger partial charge in [0.2, 0.25) is 0 Å². The quantitative estimate of drug-likeness (QED) is 0.878. The van der Waals surface area contributed by atoms with Gasteiger partial charge in [0, 0.05) is 10.5 Å². The SMILES string of the molecule is CCC(NC(C)C)(C(=O)O)c1ccc(Br)cc1. The lowest BCUT2D eigenvalue weighted by Crippen LogP contribution is -2.51. The van der Waals surface area contributed by atoms with Crippen LogP contribution in [0.1, 0.15) is 32.8 Å². The maximum atomic E-state index is 11.6. The van der Waals surface area contributed by atoms with E-state index in [1.165, 1.54) is 0 Å². The molecule has 94 valence electrons. The van der Waals surface area contributed by atoms with Crippen LogP contribution in [0.25, 0.3) is 0 Å². The highest BCUT2D eigenvalue weighted by molar-refractivity contribution is 9.10. The average Bonchev–Trinajstić information content (AvgIpc) is 2.26. The minimum atomic E-state index is -1.01. The third-order valence-electron chi connectivity index (χ3n) is 2.77. The van der Waals surface area contributed by atoms with E-state index in [1.807, 2.05) is 45.0 Å². The second-order valence-corrected chi connectivity index (χ2v) is 5.29. The Labute approximate surface area is 110 Å². The van der Waals surface area contributed by atoms with E-state index in [9.17, 15) is 9.90 Å². The summed E-state index contributed by atoms with van der Waals surface area (Å²) in [6, 6.07) is 7.53. The van der Waals surface area contributed by atoms with E-state index in [-0.39, 0.29) is 6.04 Å². The second kappa shape index (κ2) is 5.65. The zero-order chi connectivity index (χ0) is 13.1. The molecule has 0 aliphatic carbocycles. The van der Waals surface area contributed by atoms with Crippen molar-refractivity contribution < 1.29 is 9.90 Å². The number of hydrogen-bond acceptors (Lipinski definition) is 2. The summed E-state index contributed by atoms with van der Waals surface area (Å²) in [5.74, 6) is -0.837. The number of halogens is 1. The molecule has 0 fully saturated rings. The van der Waals surface area contributed by atoms with Crippen molar-refractivity contribution in [1.29, 1.82) is 0 Å². The lowest BCUT2D eigenvalue weighted by Gasteiger charge is -2.32. The number of carboxylic acid groups (broad SMARTS) is 1. The lowest BCUT2D eigenvalue weighted by atomic mass is 9.86. The summed E-state index contributed by atoms with van der Waals surface area (Å²) in [5.41, 5.74) is -0.223. The summed E-state index contributed by atoms with van der Waals surface area (Å²) >= 11 is 3.35. The van der Waals surface area contributed by atoms with Gasteiger partial charge in [-0.3, -0.25) is 5.32 Å². The fourth-order valence-corrected chi connectivity index (χ4v) is 2.22. The van der Waals surface area contributed by atoms with Gasteiger partial charge in [0.1, 0.15) is 5.54 Å². The average molecular weight is 300 g/mol. The Morgan fingerprint density at radius 2 is 1.94 bits per heavy atom. The van der Waals surface area contributed by atoms with Crippen molar-refractivity contribution in [2.45, 2.75) is 38.8 Å². The molecule has 3 nitrogen and oxygen atoms in total. The van der Waals surface area contributed by atoms with Crippen LogP contribution in [-0.4, -0.2) is 17.1 Å². The van der Waals surface area contributed by atoms with Crippen LogP contribution in [0.3, 0.4) is 0 Å². The van der Waals surface area contributed by atoms with Crippen molar-refractivity contribution in [3.8, 4) is 0 Å². The zero-order valence-electron chi connectivity index (χ0n) is 10.3. The molecule has 0 aromatic heterocycles. The molecule has 1 rings (SSSR count). The molecule has 1 aromatic carbocycles. The molecule has 1 atom stereocenters. The Bertz CT molecular complexity index is 389. The molecule has 0 spiro atoms. The first-order valence-corrected chi connectivity index (χ1v) is 6.49. The van der Waals surface area contributed by atoms with Crippen molar-refractivity contribution in [1.82, 2.24) is 5.32 Å². The molecule has 2 N–H and O–H groups in total. The van der Waals surface area contributed by atoms with Gasteiger partial charge < -0.3 is 5.11 Å². The van der Waals surface area contributed by atoms with E-state index in [1.54, 1.807) is 0 Å². The molecule has 0 amide bonds. The van der Waals surface area contributed by atoms with Crippen LogP contribution < -0.4 is 5.32 Å². The van der Waals surface area contributed by atoms with Crippen LogP contribution in [-0.2, 0) is 10.3 Å². The topological polar surface area (TPSA) is 49.3 Å². The minimum absolute atomic E-state index is 0.106. The zero-order valence-corrected chi connectivity index (χ0v) is 11.9. The lowest BCUT2D eigenvalue weighted by molar-refractivity contribution is -0.146. The van der Waals surface area contributed by atoms with Gasteiger partial charge in [-0.1, -0.05) is 35.0 Å². The van der Waals surface area contributed by atoms with Crippen LogP contribution in [0, 0.1) is 0 Å². The molecule has 0 aliphatic rings. The predicted octanol–water partition coefficient (Wildman–Crippen LogP) is 3.14. The maximum Gasteiger partial charge on any atom is 0.328 e. The molecule has 4 heteroatoms. The number of aliphatic carboxylic acids is 1. The molecule has 0 radical (unpaired) electrons. The summed E-state index contributed by atoms with van der Waals surface area (Å²) in [7, 11) is 0. The van der Waals surface area contributed by atoms with Crippen LogP contribution in [0.5, 0.6) is 0 Å². The van der Waals surface area contributed by atoms with E-state index in [4.69, 9.17) is 0 Å². The van der Waals surface area contributed by atoms with Gasteiger partial charge in [0.25, 0.3) is 0 Å².